The third-order valence-corrected chi connectivity index (χ3v) is 6.92. The molecule has 0 saturated carbocycles. The van der Waals surface area contributed by atoms with Crippen LogP contribution in [0.4, 0.5) is 0 Å². The standard InChI is InChI=1S/C18H19ClN2O4S/c1-25-17-12-13(6-8-20-17)18(22)21-9-7-16(26(23,24)11-10-21)14-4-2-3-5-15(14)19/h2-6,8,12,16H,7,9-11H2,1H3. The lowest BCUT2D eigenvalue weighted by Crippen LogP contribution is -2.33. The number of hydrogen-bond acceptors (Lipinski definition) is 5. The minimum Gasteiger partial charge on any atom is -0.481 e. The molecule has 1 aromatic heterocycles. The summed E-state index contributed by atoms with van der Waals surface area (Å²) >= 11 is 6.20. The van der Waals surface area contributed by atoms with Crippen molar-refractivity contribution in [2.24, 2.45) is 0 Å². The van der Waals surface area contributed by atoms with Gasteiger partial charge < -0.3 is 9.64 Å². The van der Waals surface area contributed by atoms with Crippen LogP contribution >= 0.6 is 11.6 Å². The number of benzene rings is 1. The molecule has 1 aliphatic heterocycles. The highest BCUT2D eigenvalue weighted by Gasteiger charge is 2.34. The fourth-order valence-electron chi connectivity index (χ4n) is 3.07. The number of ether oxygens (including phenoxy) is 1. The molecule has 1 fully saturated rings. The molecule has 0 bridgehead atoms. The van der Waals surface area contributed by atoms with Crippen molar-refractivity contribution in [3.63, 3.8) is 0 Å². The third-order valence-electron chi connectivity index (χ3n) is 4.47. The summed E-state index contributed by atoms with van der Waals surface area (Å²) < 4.78 is 30.5. The number of amides is 1. The van der Waals surface area contributed by atoms with Crippen molar-refractivity contribution < 1.29 is 17.9 Å². The number of aromatic nitrogens is 1. The molecule has 0 N–H and O–H groups in total. The minimum atomic E-state index is -3.41. The molecule has 2 aromatic rings. The summed E-state index contributed by atoms with van der Waals surface area (Å²) in [5, 5.41) is -0.277. The molecule has 0 spiro atoms. The normalized spacial score (nSPS) is 19.6. The van der Waals surface area contributed by atoms with Gasteiger partial charge in [0.15, 0.2) is 9.84 Å². The molecule has 0 radical (unpaired) electrons. The van der Waals surface area contributed by atoms with E-state index < -0.39 is 15.1 Å². The molecule has 138 valence electrons. The van der Waals surface area contributed by atoms with Gasteiger partial charge in [0, 0.05) is 35.9 Å². The maximum atomic E-state index is 12.8. The Morgan fingerprint density at radius 2 is 2.04 bits per heavy atom. The van der Waals surface area contributed by atoms with E-state index in [0.717, 1.165) is 0 Å². The number of methoxy groups -OCH3 is 1. The predicted molar refractivity (Wildman–Crippen MR) is 99.3 cm³/mol. The second-order valence-corrected chi connectivity index (χ2v) is 8.76. The third kappa shape index (κ3) is 3.83. The summed E-state index contributed by atoms with van der Waals surface area (Å²) in [5.74, 6) is 0.00423. The molecule has 6 nitrogen and oxygen atoms in total. The first-order valence-corrected chi connectivity index (χ1v) is 10.3. The Kier molecular flexibility index (Phi) is 5.48. The highest BCUT2D eigenvalue weighted by Crippen LogP contribution is 2.34. The van der Waals surface area contributed by atoms with E-state index in [1.54, 1.807) is 41.3 Å². The summed E-state index contributed by atoms with van der Waals surface area (Å²) in [6.07, 6.45) is 1.80. The van der Waals surface area contributed by atoms with Gasteiger partial charge in [0.2, 0.25) is 5.88 Å². The Morgan fingerprint density at radius 3 is 2.77 bits per heavy atom. The fourth-order valence-corrected chi connectivity index (χ4v) is 5.22. The van der Waals surface area contributed by atoms with Crippen LogP contribution in [-0.2, 0) is 9.84 Å². The van der Waals surface area contributed by atoms with Crippen molar-refractivity contribution in [1.29, 1.82) is 0 Å². The number of hydrogen-bond donors (Lipinski definition) is 0. The average molecular weight is 395 g/mol. The van der Waals surface area contributed by atoms with E-state index >= 15 is 0 Å². The molecule has 1 aromatic carbocycles. The maximum Gasteiger partial charge on any atom is 0.254 e. The van der Waals surface area contributed by atoms with Crippen LogP contribution in [-0.4, -0.2) is 50.2 Å². The van der Waals surface area contributed by atoms with Crippen molar-refractivity contribution in [2.45, 2.75) is 11.7 Å². The molecular weight excluding hydrogens is 376 g/mol. The van der Waals surface area contributed by atoms with Crippen LogP contribution in [0.25, 0.3) is 0 Å². The number of nitrogens with zero attached hydrogens (tertiary/aromatic N) is 2. The molecule has 1 amide bonds. The average Bonchev–Trinajstić information content (AvgIpc) is 2.80. The van der Waals surface area contributed by atoms with E-state index in [1.807, 2.05) is 0 Å². The monoisotopic (exact) mass is 394 g/mol. The first-order chi connectivity index (χ1) is 12.4. The minimum absolute atomic E-state index is 0.100. The zero-order chi connectivity index (χ0) is 18.7. The Labute approximate surface area is 157 Å². The number of carbonyl (C=O) groups is 1. The van der Waals surface area contributed by atoms with Crippen LogP contribution < -0.4 is 4.74 Å². The SMILES string of the molecule is COc1cc(C(=O)N2CCC(c3ccccc3Cl)S(=O)(=O)CC2)ccn1. The van der Waals surface area contributed by atoms with Crippen LogP contribution in [0.5, 0.6) is 5.88 Å². The smallest absolute Gasteiger partial charge is 0.254 e. The van der Waals surface area contributed by atoms with E-state index in [1.165, 1.54) is 13.3 Å². The van der Waals surface area contributed by atoms with Gasteiger partial charge in [0.1, 0.15) is 0 Å². The van der Waals surface area contributed by atoms with Gasteiger partial charge in [-0.15, -0.1) is 0 Å². The van der Waals surface area contributed by atoms with Crippen molar-refractivity contribution in [3.8, 4) is 5.88 Å². The quantitative estimate of drug-likeness (QED) is 0.800. The maximum absolute atomic E-state index is 12.8. The zero-order valence-corrected chi connectivity index (χ0v) is 15.8. The van der Waals surface area contributed by atoms with Gasteiger partial charge in [-0.1, -0.05) is 29.8 Å². The zero-order valence-electron chi connectivity index (χ0n) is 14.3. The summed E-state index contributed by atoms with van der Waals surface area (Å²) in [7, 11) is -1.94. The lowest BCUT2D eigenvalue weighted by atomic mass is 10.1. The van der Waals surface area contributed by atoms with Crippen molar-refractivity contribution in [2.75, 3.05) is 26.0 Å². The summed E-state index contributed by atoms with van der Waals surface area (Å²) in [6.45, 7) is 0.478. The van der Waals surface area contributed by atoms with Gasteiger partial charge >= 0.3 is 0 Å². The van der Waals surface area contributed by atoms with E-state index in [2.05, 4.69) is 4.98 Å². The number of rotatable bonds is 3. The van der Waals surface area contributed by atoms with Gasteiger partial charge in [-0.2, -0.15) is 0 Å². The predicted octanol–water partition coefficient (Wildman–Crippen LogP) is 2.75. The van der Waals surface area contributed by atoms with Gasteiger partial charge in [0.05, 0.1) is 18.1 Å². The van der Waals surface area contributed by atoms with Crippen LogP contribution in [0.3, 0.4) is 0 Å². The number of carbonyl (C=O) groups excluding carboxylic acids is 1. The lowest BCUT2D eigenvalue weighted by molar-refractivity contribution is 0.0766. The van der Waals surface area contributed by atoms with Crippen LogP contribution in [0.15, 0.2) is 42.6 Å². The van der Waals surface area contributed by atoms with Gasteiger partial charge in [0.25, 0.3) is 5.91 Å². The first-order valence-electron chi connectivity index (χ1n) is 8.17. The van der Waals surface area contributed by atoms with E-state index in [9.17, 15) is 13.2 Å². The summed E-state index contributed by atoms with van der Waals surface area (Å²) in [4.78, 5) is 18.3. The first kappa shape index (κ1) is 18.7. The second-order valence-electron chi connectivity index (χ2n) is 6.04. The summed E-state index contributed by atoms with van der Waals surface area (Å²) in [5.41, 5.74) is 1.01. The topological polar surface area (TPSA) is 76.6 Å². The van der Waals surface area contributed by atoms with Crippen molar-refractivity contribution >= 4 is 27.3 Å². The van der Waals surface area contributed by atoms with Gasteiger partial charge in [-0.25, -0.2) is 13.4 Å². The van der Waals surface area contributed by atoms with E-state index in [-0.39, 0.29) is 18.2 Å². The molecule has 1 atom stereocenters. The molecule has 1 saturated heterocycles. The van der Waals surface area contributed by atoms with Crippen LogP contribution in [0.1, 0.15) is 27.6 Å². The van der Waals surface area contributed by atoms with Crippen molar-refractivity contribution in [1.82, 2.24) is 9.88 Å². The second kappa shape index (κ2) is 7.63. The molecule has 3 rings (SSSR count). The molecule has 0 aliphatic carbocycles. The molecule has 8 heteroatoms. The number of halogens is 1. The fraction of sp³-hybridized carbons (Fsp3) is 0.333. The van der Waals surface area contributed by atoms with Gasteiger partial charge in [-0.05, 0) is 24.1 Å². The highest BCUT2D eigenvalue weighted by atomic mass is 35.5. The molecular formula is C18H19ClN2O4S. The molecule has 1 unspecified atom stereocenters. The van der Waals surface area contributed by atoms with Crippen LogP contribution in [0, 0.1) is 0 Å². The Bertz CT molecular complexity index is 917. The molecule has 1 aliphatic rings. The van der Waals surface area contributed by atoms with Crippen molar-refractivity contribution in [3.05, 3.63) is 58.7 Å². The Hall–Kier alpha value is -2.12. The van der Waals surface area contributed by atoms with Gasteiger partial charge in [-0.3, -0.25) is 4.79 Å². The van der Waals surface area contributed by atoms with E-state index in [4.69, 9.17) is 16.3 Å². The summed E-state index contributed by atoms with van der Waals surface area (Å²) in [6, 6.07) is 10.1. The molecule has 2 heterocycles. The number of sulfone groups is 1. The lowest BCUT2D eigenvalue weighted by Gasteiger charge is -2.20. The highest BCUT2D eigenvalue weighted by molar-refractivity contribution is 7.91. The van der Waals surface area contributed by atoms with Crippen LogP contribution in [0.2, 0.25) is 5.02 Å². The molecule has 26 heavy (non-hydrogen) atoms. The number of pyridine rings is 1. The largest absolute Gasteiger partial charge is 0.481 e. The Balaban J connectivity index is 1.84. The van der Waals surface area contributed by atoms with E-state index in [0.29, 0.717) is 35.0 Å². The Morgan fingerprint density at radius 1 is 1.27 bits per heavy atom.